The molecule has 1 fully saturated rings. The van der Waals surface area contributed by atoms with Crippen molar-refractivity contribution in [3.05, 3.63) is 67.1 Å². The number of hydrogen-bond donors (Lipinski definition) is 3. The SMILES string of the molecule is COc1ccc(Nc2ncnc3c2c(-c2ccccc2)cn3[C@@H]2O[C@H](C)[C@H](O)[C@@H]2O)cc1. The van der Waals surface area contributed by atoms with E-state index >= 15 is 0 Å². The fraction of sp³-hybridized carbons (Fsp3) is 0.250. The van der Waals surface area contributed by atoms with Gasteiger partial charge >= 0.3 is 0 Å². The largest absolute Gasteiger partial charge is 0.497 e. The van der Waals surface area contributed by atoms with E-state index in [9.17, 15) is 10.2 Å². The van der Waals surface area contributed by atoms with Gasteiger partial charge in [-0.2, -0.15) is 0 Å². The number of benzene rings is 2. The monoisotopic (exact) mass is 432 g/mol. The zero-order chi connectivity index (χ0) is 22.2. The molecule has 0 unspecified atom stereocenters. The molecule has 4 aromatic rings. The average Bonchev–Trinajstić information content (AvgIpc) is 3.34. The van der Waals surface area contributed by atoms with E-state index in [2.05, 4.69) is 15.3 Å². The summed E-state index contributed by atoms with van der Waals surface area (Å²) < 4.78 is 12.9. The van der Waals surface area contributed by atoms with Gasteiger partial charge in [-0.1, -0.05) is 30.3 Å². The van der Waals surface area contributed by atoms with E-state index in [0.717, 1.165) is 28.0 Å². The third-order valence-corrected chi connectivity index (χ3v) is 5.80. The Morgan fingerprint density at radius 1 is 1.00 bits per heavy atom. The van der Waals surface area contributed by atoms with Crippen LogP contribution in [0.4, 0.5) is 11.5 Å². The lowest BCUT2D eigenvalue weighted by Crippen LogP contribution is -2.30. The van der Waals surface area contributed by atoms with E-state index in [-0.39, 0.29) is 0 Å². The number of methoxy groups -OCH3 is 1. The minimum Gasteiger partial charge on any atom is -0.497 e. The van der Waals surface area contributed by atoms with Gasteiger partial charge in [0.25, 0.3) is 0 Å². The van der Waals surface area contributed by atoms with Crippen molar-refractivity contribution < 1.29 is 19.7 Å². The number of aromatic nitrogens is 3. The number of nitrogens with zero attached hydrogens (tertiary/aromatic N) is 3. The molecule has 5 rings (SSSR count). The lowest BCUT2D eigenvalue weighted by molar-refractivity contribution is -0.0295. The molecule has 1 saturated heterocycles. The Balaban J connectivity index is 1.66. The average molecular weight is 432 g/mol. The summed E-state index contributed by atoms with van der Waals surface area (Å²) in [4.78, 5) is 9.01. The first-order chi connectivity index (χ1) is 15.6. The summed E-state index contributed by atoms with van der Waals surface area (Å²) in [6.07, 6.45) is 0.0660. The molecular weight excluding hydrogens is 408 g/mol. The van der Waals surface area contributed by atoms with Crippen molar-refractivity contribution in [2.75, 3.05) is 12.4 Å². The third kappa shape index (κ3) is 3.48. The second-order valence-corrected chi connectivity index (χ2v) is 7.80. The molecule has 0 radical (unpaired) electrons. The second-order valence-electron chi connectivity index (χ2n) is 7.80. The van der Waals surface area contributed by atoms with Gasteiger partial charge in [0.05, 0.1) is 18.6 Å². The number of fused-ring (bicyclic) bond motifs is 1. The standard InChI is InChI=1S/C24H24N4O4/c1-14-20(29)21(30)24(32-14)28-12-18(15-6-4-3-5-7-15)19-22(25-13-26-23(19)28)27-16-8-10-17(31-2)11-9-16/h3-14,20-21,24,29-30H,1-2H3,(H,25,26,27)/t14-,20+,21+,24-/m1/s1. The Kier molecular flexibility index (Phi) is 5.26. The van der Waals surface area contributed by atoms with Crippen molar-refractivity contribution in [2.24, 2.45) is 0 Å². The number of ether oxygens (including phenoxy) is 2. The molecule has 2 aromatic carbocycles. The smallest absolute Gasteiger partial charge is 0.164 e. The molecule has 0 saturated carbocycles. The fourth-order valence-corrected chi connectivity index (χ4v) is 4.08. The zero-order valence-electron chi connectivity index (χ0n) is 17.7. The molecule has 3 heterocycles. The summed E-state index contributed by atoms with van der Waals surface area (Å²) in [7, 11) is 1.63. The zero-order valence-corrected chi connectivity index (χ0v) is 17.7. The maximum absolute atomic E-state index is 10.6. The lowest BCUT2D eigenvalue weighted by Gasteiger charge is -2.17. The molecule has 1 aliphatic rings. The lowest BCUT2D eigenvalue weighted by atomic mass is 10.1. The van der Waals surface area contributed by atoms with Crippen LogP contribution in [0.2, 0.25) is 0 Å². The molecule has 0 spiro atoms. The third-order valence-electron chi connectivity index (χ3n) is 5.80. The van der Waals surface area contributed by atoms with Crippen molar-refractivity contribution in [2.45, 2.75) is 31.5 Å². The van der Waals surface area contributed by atoms with Crippen molar-refractivity contribution in [1.29, 1.82) is 0 Å². The highest BCUT2D eigenvalue weighted by Crippen LogP contribution is 2.39. The number of rotatable bonds is 5. The molecular formula is C24H24N4O4. The molecule has 32 heavy (non-hydrogen) atoms. The Bertz CT molecular complexity index is 1230. The number of aliphatic hydroxyl groups excluding tert-OH is 2. The van der Waals surface area contributed by atoms with Crippen LogP contribution in [0, 0.1) is 0 Å². The van der Waals surface area contributed by atoms with Crippen LogP contribution in [-0.4, -0.2) is 50.2 Å². The minimum atomic E-state index is -1.07. The van der Waals surface area contributed by atoms with Crippen molar-refractivity contribution in [3.8, 4) is 16.9 Å². The van der Waals surface area contributed by atoms with Gasteiger partial charge in [-0.25, -0.2) is 9.97 Å². The Labute approximate surface area is 185 Å². The molecule has 1 aliphatic heterocycles. The first kappa shape index (κ1) is 20.4. The second kappa shape index (κ2) is 8.23. The van der Waals surface area contributed by atoms with E-state index < -0.39 is 24.5 Å². The molecule has 0 bridgehead atoms. The van der Waals surface area contributed by atoms with Crippen LogP contribution in [0.1, 0.15) is 13.2 Å². The summed E-state index contributed by atoms with van der Waals surface area (Å²) in [5, 5.41) is 25.0. The van der Waals surface area contributed by atoms with Gasteiger partial charge in [0.2, 0.25) is 0 Å². The fourth-order valence-electron chi connectivity index (χ4n) is 4.08. The van der Waals surface area contributed by atoms with E-state index in [0.29, 0.717) is 11.5 Å². The molecule has 8 nitrogen and oxygen atoms in total. The van der Waals surface area contributed by atoms with Gasteiger partial charge in [-0.05, 0) is 36.8 Å². The summed E-state index contributed by atoms with van der Waals surface area (Å²) >= 11 is 0. The molecule has 4 atom stereocenters. The summed E-state index contributed by atoms with van der Waals surface area (Å²) in [5.41, 5.74) is 3.31. The summed E-state index contributed by atoms with van der Waals surface area (Å²) in [6, 6.07) is 17.5. The predicted molar refractivity (Wildman–Crippen MR) is 121 cm³/mol. The van der Waals surface area contributed by atoms with E-state index in [1.807, 2.05) is 60.8 Å². The van der Waals surface area contributed by atoms with Crippen molar-refractivity contribution in [1.82, 2.24) is 14.5 Å². The molecule has 164 valence electrons. The van der Waals surface area contributed by atoms with Crippen molar-refractivity contribution >= 4 is 22.5 Å². The minimum absolute atomic E-state index is 0.494. The Morgan fingerprint density at radius 3 is 2.41 bits per heavy atom. The Hall–Kier alpha value is -3.46. The number of aliphatic hydroxyl groups is 2. The Morgan fingerprint density at radius 2 is 1.75 bits per heavy atom. The van der Waals surface area contributed by atoms with Gasteiger partial charge in [0.15, 0.2) is 6.23 Å². The quantitative estimate of drug-likeness (QED) is 0.444. The van der Waals surface area contributed by atoms with Gasteiger partial charge in [-0.15, -0.1) is 0 Å². The van der Waals surface area contributed by atoms with Crippen LogP contribution >= 0.6 is 0 Å². The van der Waals surface area contributed by atoms with Gasteiger partial charge in [0.1, 0.15) is 35.7 Å². The summed E-state index contributed by atoms with van der Waals surface area (Å²) in [5.74, 6) is 1.39. The van der Waals surface area contributed by atoms with Crippen LogP contribution in [-0.2, 0) is 4.74 Å². The van der Waals surface area contributed by atoms with E-state index in [1.54, 1.807) is 18.6 Å². The van der Waals surface area contributed by atoms with Crippen LogP contribution in [0.15, 0.2) is 67.1 Å². The van der Waals surface area contributed by atoms with Crippen LogP contribution in [0.5, 0.6) is 5.75 Å². The first-order valence-corrected chi connectivity index (χ1v) is 10.4. The normalized spacial score (nSPS) is 22.9. The highest BCUT2D eigenvalue weighted by Gasteiger charge is 2.42. The number of nitrogens with one attached hydrogen (secondary N) is 1. The highest BCUT2D eigenvalue weighted by atomic mass is 16.6. The highest BCUT2D eigenvalue weighted by molar-refractivity contribution is 6.02. The van der Waals surface area contributed by atoms with Gasteiger partial charge in [0, 0.05) is 17.4 Å². The molecule has 0 aliphatic carbocycles. The maximum Gasteiger partial charge on any atom is 0.164 e. The molecule has 2 aromatic heterocycles. The van der Waals surface area contributed by atoms with Crippen LogP contribution in [0.3, 0.4) is 0 Å². The van der Waals surface area contributed by atoms with Crippen molar-refractivity contribution in [3.63, 3.8) is 0 Å². The van der Waals surface area contributed by atoms with Crippen LogP contribution < -0.4 is 10.1 Å². The van der Waals surface area contributed by atoms with Gasteiger partial charge in [-0.3, -0.25) is 0 Å². The number of hydrogen-bond acceptors (Lipinski definition) is 7. The molecule has 8 heteroatoms. The topological polar surface area (TPSA) is 102 Å². The molecule has 3 N–H and O–H groups in total. The molecule has 0 amide bonds. The predicted octanol–water partition coefficient (Wildman–Crippen LogP) is 3.49. The van der Waals surface area contributed by atoms with Gasteiger partial charge < -0.3 is 29.6 Å². The first-order valence-electron chi connectivity index (χ1n) is 10.4. The van der Waals surface area contributed by atoms with Crippen LogP contribution in [0.25, 0.3) is 22.2 Å². The van der Waals surface area contributed by atoms with E-state index in [4.69, 9.17) is 9.47 Å². The summed E-state index contributed by atoms with van der Waals surface area (Å²) in [6.45, 7) is 1.74. The van der Waals surface area contributed by atoms with E-state index in [1.165, 1.54) is 6.33 Å². The maximum atomic E-state index is 10.6. The number of anilines is 2.